The molecular formula is C22H11Br2N3O4S2. The lowest BCUT2D eigenvalue weighted by Gasteiger charge is -2.13. The fraction of sp³-hybridized carbons (Fsp3) is 0.0455. The van der Waals surface area contributed by atoms with Crippen LogP contribution in [-0.4, -0.2) is 21.7 Å². The van der Waals surface area contributed by atoms with Crippen LogP contribution >= 0.6 is 55.0 Å². The number of aromatic nitrogens is 1. The third kappa shape index (κ3) is 4.10. The largest absolute Gasteiger partial charge is 0.270 e. The monoisotopic (exact) mass is 603 g/mol. The number of thiazole rings is 1. The molecule has 0 atom stereocenters. The number of amides is 2. The van der Waals surface area contributed by atoms with E-state index >= 15 is 0 Å². The molecule has 11 heteroatoms. The van der Waals surface area contributed by atoms with Crippen molar-refractivity contribution in [1.82, 2.24) is 4.98 Å². The van der Waals surface area contributed by atoms with Gasteiger partial charge in [-0.15, -0.1) is 11.3 Å². The van der Waals surface area contributed by atoms with Crippen LogP contribution < -0.4 is 4.90 Å². The number of hydrogen-bond acceptors (Lipinski definition) is 7. The molecule has 1 aromatic heterocycles. The first kappa shape index (κ1) is 22.2. The molecule has 164 valence electrons. The first-order valence-electron chi connectivity index (χ1n) is 9.46. The molecule has 0 aliphatic carbocycles. The van der Waals surface area contributed by atoms with E-state index in [2.05, 4.69) is 36.8 Å². The van der Waals surface area contributed by atoms with Gasteiger partial charge >= 0.3 is 0 Å². The standard InChI is InChI=1S/C22H11Br2N3O4S2/c23-12-2-1-11(17(24)7-12)10-32-22-25-18-6-4-13(9-19(18)33-22)26-20(28)15-5-3-14(27(30)31)8-16(15)21(26)29/h1-9H,10H2. The Morgan fingerprint density at radius 3 is 2.55 bits per heavy atom. The van der Waals surface area contributed by atoms with E-state index in [1.807, 2.05) is 18.2 Å². The van der Waals surface area contributed by atoms with Crippen LogP contribution in [0.5, 0.6) is 0 Å². The molecule has 33 heavy (non-hydrogen) atoms. The maximum absolute atomic E-state index is 12.9. The summed E-state index contributed by atoms with van der Waals surface area (Å²) in [6.45, 7) is 0. The molecule has 0 radical (unpaired) electrons. The second kappa shape index (κ2) is 8.64. The topological polar surface area (TPSA) is 93.4 Å². The molecule has 7 nitrogen and oxygen atoms in total. The van der Waals surface area contributed by atoms with Gasteiger partial charge in [-0.25, -0.2) is 9.88 Å². The minimum atomic E-state index is -0.587. The van der Waals surface area contributed by atoms with E-state index in [-0.39, 0.29) is 16.8 Å². The van der Waals surface area contributed by atoms with E-state index in [4.69, 9.17) is 0 Å². The van der Waals surface area contributed by atoms with Gasteiger partial charge in [0.1, 0.15) is 0 Å². The van der Waals surface area contributed by atoms with Gasteiger partial charge in [0.2, 0.25) is 0 Å². The molecule has 0 saturated heterocycles. The molecule has 2 heterocycles. The summed E-state index contributed by atoms with van der Waals surface area (Å²) in [5, 5.41) is 11.1. The number of imide groups is 1. The molecular weight excluding hydrogens is 594 g/mol. The molecule has 2 amide bonds. The lowest BCUT2D eigenvalue weighted by molar-refractivity contribution is -0.384. The fourth-order valence-corrected chi connectivity index (χ4v) is 6.93. The normalized spacial score (nSPS) is 13.1. The number of carbonyl (C=O) groups is 2. The maximum Gasteiger partial charge on any atom is 0.270 e. The minimum Gasteiger partial charge on any atom is -0.268 e. The average molecular weight is 605 g/mol. The van der Waals surface area contributed by atoms with Crippen molar-refractivity contribution < 1.29 is 14.5 Å². The first-order valence-corrected chi connectivity index (χ1v) is 12.8. The van der Waals surface area contributed by atoms with Gasteiger partial charge in [-0.3, -0.25) is 19.7 Å². The molecule has 0 fully saturated rings. The molecule has 0 bridgehead atoms. The number of benzene rings is 3. The third-order valence-corrected chi connectivity index (χ3v) is 8.50. The maximum atomic E-state index is 12.9. The van der Waals surface area contributed by atoms with Crippen LogP contribution in [0.2, 0.25) is 0 Å². The molecule has 3 aromatic carbocycles. The molecule has 0 unspecified atom stereocenters. The Balaban J connectivity index is 1.41. The van der Waals surface area contributed by atoms with E-state index in [0.29, 0.717) is 5.69 Å². The molecule has 1 aliphatic rings. The van der Waals surface area contributed by atoms with Crippen molar-refractivity contribution in [3.8, 4) is 0 Å². The summed E-state index contributed by atoms with van der Waals surface area (Å²) in [7, 11) is 0. The highest BCUT2D eigenvalue weighted by molar-refractivity contribution is 9.11. The number of anilines is 1. The number of non-ortho nitro benzene ring substituents is 1. The van der Waals surface area contributed by atoms with Crippen molar-refractivity contribution in [2.75, 3.05) is 4.90 Å². The highest BCUT2D eigenvalue weighted by Gasteiger charge is 2.38. The molecule has 5 rings (SSSR count). The number of nitrogens with zero attached hydrogens (tertiary/aromatic N) is 3. The summed E-state index contributed by atoms with van der Waals surface area (Å²) >= 11 is 10.1. The zero-order valence-electron chi connectivity index (χ0n) is 16.5. The highest BCUT2D eigenvalue weighted by atomic mass is 79.9. The predicted molar refractivity (Wildman–Crippen MR) is 135 cm³/mol. The second-order valence-electron chi connectivity index (χ2n) is 7.09. The van der Waals surface area contributed by atoms with E-state index < -0.39 is 16.7 Å². The Bertz CT molecular complexity index is 1490. The Hall–Kier alpha value is -2.60. The van der Waals surface area contributed by atoms with Crippen molar-refractivity contribution in [1.29, 1.82) is 0 Å². The summed E-state index contributed by atoms with van der Waals surface area (Å²) in [6, 6.07) is 14.9. The summed E-state index contributed by atoms with van der Waals surface area (Å²) in [4.78, 5) is 41.9. The van der Waals surface area contributed by atoms with Gasteiger partial charge in [0.15, 0.2) is 4.34 Å². The Morgan fingerprint density at radius 1 is 1.00 bits per heavy atom. The van der Waals surface area contributed by atoms with Crippen molar-refractivity contribution in [3.05, 3.63) is 90.3 Å². The lowest BCUT2D eigenvalue weighted by Crippen LogP contribution is -2.29. The zero-order chi connectivity index (χ0) is 23.3. The lowest BCUT2D eigenvalue weighted by atomic mass is 10.1. The Labute approximate surface area is 212 Å². The summed E-state index contributed by atoms with van der Waals surface area (Å²) in [6.07, 6.45) is 0. The minimum absolute atomic E-state index is 0.0370. The van der Waals surface area contributed by atoms with Crippen LogP contribution in [0.15, 0.2) is 67.9 Å². The van der Waals surface area contributed by atoms with Gasteiger partial charge in [0.25, 0.3) is 17.5 Å². The smallest absolute Gasteiger partial charge is 0.268 e. The van der Waals surface area contributed by atoms with Gasteiger partial charge in [-0.1, -0.05) is 49.7 Å². The number of thioether (sulfide) groups is 1. The first-order chi connectivity index (χ1) is 15.8. The zero-order valence-corrected chi connectivity index (χ0v) is 21.3. The number of nitro groups is 1. The van der Waals surface area contributed by atoms with Crippen LogP contribution in [0, 0.1) is 10.1 Å². The SMILES string of the molecule is O=C1c2ccc([N+](=O)[O-])cc2C(=O)N1c1ccc2nc(SCc3ccc(Br)cc3Br)sc2c1. The highest BCUT2D eigenvalue weighted by Crippen LogP contribution is 2.37. The van der Waals surface area contributed by atoms with Crippen molar-refractivity contribution >= 4 is 88.4 Å². The van der Waals surface area contributed by atoms with Gasteiger partial charge in [-0.2, -0.15) is 0 Å². The van der Waals surface area contributed by atoms with Crippen LogP contribution in [0.3, 0.4) is 0 Å². The molecule has 0 saturated carbocycles. The average Bonchev–Trinajstić information content (AvgIpc) is 3.30. The number of fused-ring (bicyclic) bond motifs is 2. The van der Waals surface area contributed by atoms with Crippen LogP contribution in [-0.2, 0) is 5.75 Å². The van der Waals surface area contributed by atoms with Gasteiger partial charge < -0.3 is 0 Å². The summed E-state index contributed by atoms with van der Waals surface area (Å²) < 4.78 is 3.72. The number of hydrogen-bond donors (Lipinski definition) is 0. The predicted octanol–water partition coefficient (Wildman–Crippen LogP) is 6.82. The van der Waals surface area contributed by atoms with E-state index in [9.17, 15) is 19.7 Å². The van der Waals surface area contributed by atoms with Gasteiger partial charge in [-0.05, 0) is 42.0 Å². The number of rotatable bonds is 5. The van der Waals surface area contributed by atoms with Gasteiger partial charge in [0.05, 0.1) is 32.0 Å². The van der Waals surface area contributed by atoms with Crippen LogP contribution in [0.1, 0.15) is 26.3 Å². The van der Waals surface area contributed by atoms with Gasteiger partial charge in [0, 0.05) is 26.8 Å². The van der Waals surface area contributed by atoms with E-state index in [1.165, 1.54) is 23.5 Å². The Kier molecular flexibility index (Phi) is 5.81. The summed E-state index contributed by atoms with van der Waals surface area (Å²) in [5.41, 5.74) is 2.29. The fourth-order valence-electron chi connectivity index (χ4n) is 3.45. The quantitative estimate of drug-likeness (QED) is 0.107. The molecule has 0 spiro atoms. The second-order valence-corrected chi connectivity index (χ2v) is 11.1. The van der Waals surface area contributed by atoms with Crippen molar-refractivity contribution in [2.24, 2.45) is 0 Å². The number of halogens is 2. The van der Waals surface area contributed by atoms with Crippen LogP contribution in [0.25, 0.3) is 10.2 Å². The molecule has 1 aliphatic heterocycles. The third-order valence-electron chi connectivity index (χ3n) is 5.06. The van der Waals surface area contributed by atoms with Crippen LogP contribution in [0.4, 0.5) is 11.4 Å². The Morgan fingerprint density at radius 2 is 1.79 bits per heavy atom. The molecule has 4 aromatic rings. The van der Waals surface area contributed by atoms with Crippen molar-refractivity contribution in [3.63, 3.8) is 0 Å². The molecule has 0 N–H and O–H groups in total. The summed E-state index contributed by atoms with van der Waals surface area (Å²) in [5.74, 6) is -0.335. The number of nitro benzene ring substituents is 1. The number of carbonyl (C=O) groups excluding carboxylic acids is 2. The van der Waals surface area contributed by atoms with E-state index in [0.717, 1.165) is 45.8 Å². The van der Waals surface area contributed by atoms with E-state index in [1.54, 1.807) is 30.0 Å². The van der Waals surface area contributed by atoms with Crippen molar-refractivity contribution in [2.45, 2.75) is 10.1 Å².